The van der Waals surface area contributed by atoms with Gasteiger partial charge < -0.3 is 0 Å². The molecule has 0 aromatic rings. The molecule has 0 saturated heterocycles. The van der Waals surface area contributed by atoms with E-state index in [1.165, 1.54) is 38.5 Å². The highest BCUT2D eigenvalue weighted by molar-refractivity contribution is 9.09. The summed E-state index contributed by atoms with van der Waals surface area (Å²) in [6, 6.07) is 0. The molecule has 0 amide bonds. The number of rotatable bonds is 3. The van der Waals surface area contributed by atoms with E-state index in [0.29, 0.717) is 5.41 Å². The van der Waals surface area contributed by atoms with Crippen LogP contribution in [-0.4, -0.2) is 5.33 Å². The molecular formula is C10H17Br. The van der Waals surface area contributed by atoms with E-state index in [2.05, 4.69) is 28.6 Å². The number of alkyl halides is 1. The van der Waals surface area contributed by atoms with Crippen LogP contribution in [0.25, 0.3) is 0 Å². The highest BCUT2D eigenvalue weighted by Crippen LogP contribution is 2.40. The first-order valence-electron chi connectivity index (χ1n) is 4.50. The molecule has 1 saturated carbocycles. The molecule has 1 rings (SSSR count). The Labute approximate surface area is 78.2 Å². The summed E-state index contributed by atoms with van der Waals surface area (Å²) in [6.45, 7) is 3.83. The van der Waals surface area contributed by atoms with E-state index < -0.39 is 0 Å². The van der Waals surface area contributed by atoms with Crippen LogP contribution >= 0.6 is 15.9 Å². The summed E-state index contributed by atoms with van der Waals surface area (Å²) in [6.07, 6.45) is 10.3. The zero-order chi connectivity index (χ0) is 8.16. The summed E-state index contributed by atoms with van der Waals surface area (Å²) in [5, 5.41) is 1.16. The Kier molecular flexibility index (Phi) is 3.64. The van der Waals surface area contributed by atoms with Gasteiger partial charge in [0.2, 0.25) is 0 Å². The molecule has 0 radical (unpaired) electrons. The fourth-order valence-corrected chi connectivity index (χ4v) is 2.79. The number of halogens is 1. The van der Waals surface area contributed by atoms with Crippen molar-refractivity contribution in [1.82, 2.24) is 0 Å². The quantitative estimate of drug-likeness (QED) is 0.496. The van der Waals surface area contributed by atoms with Crippen molar-refractivity contribution in [2.45, 2.75) is 38.5 Å². The van der Waals surface area contributed by atoms with Gasteiger partial charge in [0.05, 0.1) is 0 Å². The van der Waals surface area contributed by atoms with Gasteiger partial charge in [-0.3, -0.25) is 0 Å². The van der Waals surface area contributed by atoms with E-state index in [1.54, 1.807) is 0 Å². The van der Waals surface area contributed by atoms with Crippen molar-refractivity contribution < 1.29 is 0 Å². The molecule has 0 N–H and O–H groups in total. The fourth-order valence-electron chi connectivity index (χ4n) is 2.00. The first-order valence-corrected chi connectivity index (χ1v) is 5.62. The monoisotopic (exact) mass is 216 g/mol. The molecule has 0 spiro atoms. The van der Waals surface area contributed by atoms with Crippen LogP contribution in [0.5, 0.6) is 0 Å². The van der Waals surface area contributed by atoms with Crippen LogP contribution in [0.2, 0.25) is 0 Å². The molecule has 1 aliphatic rings. The molecule has 0 bridgehead atoms. The van der Waals surface area contributed by atoms with Crippen LogP contribution in [0.15, 0.2) is 12.7 Å². The van der Waals surface area contributed by atoms with Crippen molar-refractivity contribution in [3.8, 4) is 0 Å². The lowest BCUT2D eigenvalue weighted by Crippen LogP contribution is -2.24. The maximum atomic E-state index is 3.83. The third-order valence-corrected chi connectivity index (χ3v) is 3.96. The second-order valence-corrected chi connectivity index (χ2v) is 4.25. The van der Waals surface area contributed by atoms with E-state index in [-0.39, 0.29) is 0 Å². The number of hydrogen-bond donors (Lipinski definition) is 0. The van der Waals surface area contributed by atoms with Gasteiger partial charge in [-0.05, 0) is 24.7 Å². The molecule has 0 aliphatic heterocycles. The molecule has 1 fully saturated rings. The summed E-state index contributed by atoms with van der Waals surface area (Å²) >= 11 is 3.62. The van der Waals surface area contributed by atoms with Gasteiger partial charge in [0.15, 0.2) is 0 Å². The molecule has 0 unspecified atom stereocenters. The van der Waals surface area contributed by atoms with E-state index in [9.17, 15) is 0 Å². The van der Waals surface area contributed by atoms with Crippen LogP contribution in [0.3, 0.4) is 0 Å². The first-order chi connectivity index (χ1) is 5.33. The van der Waals surface area contributed by atoms with Gasteiger partial charge in [0.1, 0.15) is 0 Å². The average Bonchev–Trinajstić information content (AvgIpc) is 2.07. The standard InChI is InChI=1S/C10H17Br/c1-2-6-10(9-11)7-4-3-5-8-10/h2H,1,3-9H2. The lowest BCUT2D eigenvalue weighted by Gasteiger charge is -2.34. The van der Waals surface area contributed by atoms with Crippen molar-refractivity contribution in [3.05, 3.63) is 12.7 Å². The fraction of sp³-hybridized carbons (Fsp3) is 0.800. The molecular weight excluding hydrogens is 200 g/mol. The summed E-state index contributed by atoms with van der Waals surface area (Å²) in [4.78, 5) is 0. The minimum Gasteiger partial charge on any atom is -0.103 e. The summed E-state index contributed by atoms with van der Waals surface area (Å²) in [5.74, 6) is 0. The maximum Gasteiger partial charge on any atom is 0.00909 e. The second-order valence-electron chi connectivity index (χ2n) is 3.69. The molecule has 64 valence electrons. The smallest absolute Gasteiger partial charge is 0.00909 e. The van der Waals surface area contributed by atoms with E-state index >= 15 is 0 Å². The second kappa shape index (κ2) is 4.30. The van der Waals surface area contributed by atoms with Gasteiger partial charge >= 0.3 is 0 Å². The number of hydrogen-bond acceptors (Lipinski definition) is 0. The van der Waals surface area contributed by atoms with Gasteiger partial charge in [-0.1, -0.05) is 41.3 Å². The Morgan fingerprint density at radius 3 is 2.36 bits per heavy atom. The van der Waals surface area contributed by atoms with Gasteiger partial charge in [-0.2, -0.15) is 0 Å². The summed E-state index contributed by atoms with van der Waals surface area (Å²) in [5.41, 5.74) is 0.569. The highest BCUT2D eigenvalue weighted by Gasteiger charge is 2.28. The van der Waals surface area contributed by atoms with Crippen molar-refractivity contribution in [2.75, 3.05) is 5.33 Å². The van der Waals surface area contributed by atoms with E-state index in [0.717, 1.165) is 5.33 Å². The topological polar surface area (TPSA) is 0 Å². The van der Waals surface area contributed by atoms with Crippen molar-refractivity contribution in [2.24, 2.45) is 5.41 Å². The Morgan fingerprint density at radius 1 is 1.27 bits per heavy atom. The average molecular weight is 217 g/mol. The van der Waals surface area contributed by atoms with Crippen LogP contribution in [-0.2, 0) is 0 Å². The molecule has 0 nitrogen and oxygen atoms in total. The third kappa shape index (κ3) is 2.33. The van der Waals surface area contributed by atoms with Crippen LogP contribution in [0.1, 0.15) is 38.5 Å². The van der Waals surface area contributed by atoms with Gasteiger partial charge in [-0.15, -0.1) is 6.58 Å². The van der Waals surface area contributed by atoms with E-state index in [4.69, 9.17) is 0 Å². The van der Waals surface area contributed by atoms with Crippen LogP contribution < -0.4 is 0 Å². The Morgan fingerprint density at radius 2 is 1.91 bits per heavy atom. The molecule has 1 heteroatoms. The third-order valence-electron chi connectivity index (χ3n) is 2.78. The van der Waals surface area contributed by atoms with Crippen molar-refractivity contribution in [1.29, 1.82) is 0 Å². The molecule has 0 heterocycles. The van der Waals surface area contributed by atoms with E-state index in [1.807, 2.05) is 0 Å². The molecule has 0 aromatic carbocycles. The van der Waals surface area contributed by atoms with Gasteiger partial charge in [0, 0.05) is 5.33 Å². The van der Waals surface area contributed by atoms with Crippen molar-refractivity contribution in [3.63, 3.8) is 0 Å². The molecule has 11 heavy (non-hydrogen) atoms. The summed E-state index contributed by atoms with van der Waals surface area (Å²) < 4.78 is 0. The zero-order valence-electron chi connectivity index (χ0n) is 7.11. The Hall–Kier alpha value is 0.220. The van der Waals surface area contributed by atoms with Crippen LogP contribution in [0.4, 0.5) is 0 Å². The highest BCUT2D eigenvalue weighted by atomic mass is 79.9. The zero-order valence-corrected chi connectivity index (χ0v) is 8.70. The van der Waals surface area contributed by atoms with Gasteiger partial charge in [0.25, 0.3) is 0 Å². The van der Waals surface area contributed by atoms with Gasteiger partial charge in [-0.25, -0.2) is 0 Å². The predicted octanol–water partition coefficient (Wildman–Crippen LogP) is 3.91. The number of allylic oxidation sites excluding steroid dienone is 1. The van der Waals surface area contributed by atoms with Crippen molar-refractivity contribution >= 4 is 15.9 Å². The normalized spacial score (nSPS) is 23.0. The minimum atomic E-state index is 0.569. The predicted molar refractivity (Wildman–Crippen MR) is 54.1 cm³/mol. The van der Waals surface area contributed by atoms with Crippen LogP contribution in [0, 0.1) is 5.41 Å². The minimum absolute atomic E-state index is 0.569. The lowest BCUT2D eigenvalue weighted by atomic mass is 9.73. The Bertz CT molecular complexity index is 123. The molecule has 0 aromatic heterocycles. The maximum absolute atomic E-state index is 3.83. The lowest BCUT2D eigenvalue weighted by molar-refractivity contribution is 0.228. The molecule has 1 aliphatic carbocycles. The first kappa shape index (κ1) is 9.31. The SMILES string of the molecule is C=CCC1(CBr)CCCCC1. The Balaban J connectivity index is 2.49. The summed E-state index contributed by atoms with van der Waals surface area (Å²) in [7, 11) is 0. The molecule has 0 atom stereocenters. The largest absolute Gasteiger partial charge is 0.103 e.